The van der Waals surface area contributed by atoms with E-state index in [4.69, 9.17) is 35.4 Å². The second kappa shape index (κ2) is 17.7. The summed E-state index contributed by atoms with van der Waals surface area (Å²) in [5.41, 5.74) is -0.739. The van der Waals surface area contributed by atoms with E-state index >= 15 is 0 Å². The molecule has 0 spiro atoms. The molecule has 0 aliphatic carbocycles. The Morgan fingerprint density at radius 3 is 0.885 bits per heavy atom. The van der Waals surface area contributed by atoms with E-state index in [0.717, 1.165) is 0 Å². The monoisotopic (exact) mass is 384 g/mol. The molecule has 0 aromatic heterocycles. The molecular weight excluding hydrogens is 344 g/mol. The third-order valence-corrected chi connectivity index (χ3v) is 3.97. The third-order valence-electron chi connectivity index (χ3n) is 3.97. The highest BCUT2D eigenvalue weighted by Crippen LogP contribution is 2.12. The molecule has 0 aromatic rings. The first kappa shape index (κ1) is 30.1. The summed E-state index contributed by atoms with van der Waals surface area (Å²) < 4.78 is 0. The smallest absolute Gasteiger partial charge is 0.106 e. The van der Waals surface area contributed by atoms with Crippen LogP contribution in [0, 0.1) is 0 Å². The van der Waals surface area contributed by atoms with Crippen LogP contribution >= 0.6 is 0 Å². The lowest BCUT2D eigenvalue weighted by Crippen LogP contribution is -2.49. The van der Waals surface area contributed by atoms with Crippen molar-refractivity contribution in [3.05, 3.63) is 0 Å². The Morgan fingerprint density at radius 2 is 0.769 bits per heavy atom. The predicted molar refractivity (Wildman–Crippen MR) is 101 cm³/mol. The Morgan fingerprint density at radius 1 is 0.577 bits per heavy atom. The van der Waals surface area contributed by atoms with Gasteiger partial charge in [-0.05, 0) is 27.7 Å². The molecule has 160 valence electrons. The number of carbonyl (C=O) groups is 1. The third kappa shape index (κ3) is 13.5. The van der Waals surface area contributed by atoms with Crippen molar-refractivity contribution in [3.8, 4) is 0 Å². The van der Waals surface area contributed by atoms with Crippen molar-refractivity contribution >= 4 is 6.79 Å². The minimum absolute atomic E-state index is 0.0208. The summed E-state index contributed by atoms with van der Waals surface area (Å²) in [4.78, 5) is 11.7. The molecule has 0 atom stereocenters. The second-order valence-corrected chi connectivity index (χ2v) is 6.81. The summed E-state index contributed by atoms with van der Waals surface area (Å²) in [5, 5.41) is 52.9. The maximum Gasteiger partial charge on any atom is 0.106 e. The first-order valence-electron chi connectivity index (χ1n) is 8.61. The molecule has 9 heteroatoms. The molecule has 0 saturated carbocycles. The van der Waals surface area contributed by atoms with E-state index in [1.165, 1.54) is 0 Å². The van der Waals surface area contributed by atoms with Gasteiger partial charge in [0.05, 0.1) is 39.6 Å². The Labute approximate surface area is 157 Å². The minimum atomic E-state index is -0.370. The van der Waals surface area contributed by atoms with Gasteiger partial charge in [0, 0.05) is 37.3 Å². The van der Waals surface area contributed by atoms with Gasteiger partial charge in [0.25, 0.3) is 0 Å². The van der Waals surface area contributed by atoms with Crippen LogP contribution < -0.4 is 0 Å². The number of carbonyl (C=O) groups excluding carboxylic acids is 1. The molecule has 0 unspecified atom stereocenters. The van der Waals surface area contributed by atoms with Crippen molar-refractivity contribution < 1.29 is 35.4 Å². The number of hydrogen-bond acceptors (Lipinski definition) is 9. The molecule has 26 heavy (non-hydrogen) atoms. The number of β-amino-alcohol motifs (C(OH)–C–C–N with tert-alkyl or cyclic N) is 4. The lowest BCUT2D eigenvalue weighted by Gasteiger charge is -2.36. The molecule has 0 amide bonds. The summed E-state index contributed by atoms with van der Waals surface area (Å²) in [7, 11) is 0. The first-order chi connectivity index (χ1) is 12.2. The molecule has 0 saturated heterocycles. The summed E-state index contributed by atoms with van der Waals surface area (Å²) in [6.45, 7) is 11.6. The first-order valence-corrected chi connectivity index (χ1v) is 8.61. The molecule has 0 aliphatic heterocycles. The van der Waals surface area contributed by atoms with Gasteiger partial charge in [-0.25, -0.2) is 0 Å². The molecule has 0 rings (SSSR count). The zero-order valence-corrected chi connectivity index (χ0v) is 16.8. The molecule has 9 nitrogen and oxygen atoms in total. The Balaban J connectivity index is -0.000000371. The number of nitrogens with zero attached hydrogens (tertiary/aromatic N) is 2. The average Bonchev–Trinajstić information content (AvgIpc) is 2.63. The second-order valence-electron chi connectivity index (χ2n) is 6.81. The van der Waals surface area contributed by atoms with Gasteiger partial charge in [0.15, 0.2) is 0 Å². The van der Waals surface area contributed by atoms with Gasteiger partial charge < -0.3 is 35.4 Å². The van der Waals surface area contributed by atoms with Crippen LogP contribution in [-0.2, 0) is 4.79 Å². The summed E-state index contributed by atoms with van der Waals surface area (Å²) in [6.07, 6.45) is 0. The van der Waals surface area contributed by atoms with E-state index in [0.29, 0.717) is 26.2 Å². The number of aliphatic hydroxyl groups excluding tert-OH is 6. The van der Waals surface area contributed by atoms with E-state index < -0.39 is 0 Å². The van der Waals surface area contributed by atoms with E-state index in [1.54, 1.807) is 0 Å². The maximum atomic E-state index is 9.01. The van der Waals surface area contributed by atoms with Gasteiger partial charge >= 0.3 is 0 Å². The van der Waals surface area contributed by atoms with E-state index in [9.17, 15) is 0 Å². The maximum absolute atomic E-state index is 9.01. The van der Waals surface area contributed by atoms with E-state index in [-0.39, 0.29) is 50.7 Å². The molecule has 6 N–H and O–H groups in total. The number of hydrogen-bond donors (Lipinski definition) is 6. The van der Waals surface area contributed by atoms with Crippen LogP contribution in [0.5, 0.6) is 0 Å². The van der Waals surface area contributed by atoms with Crippen LogP contribution in [0.25, 0.3) is 0 Å². The highest BCUT2D eigenvalue weighted by Gasteiger charge is 2.25. The normalized spacial score (nSPS) is 11.7. The summed E-state index contributed by atoms with van der Waals surface area (Å²) in [6, 6.07) is 0. The van der Waals surface area contributed by atoms with Crippen molar-refractivity contribution in [2.24, 2.45) is 0 Å². The highest BCUT2D eigenvalue weighted by atomic mass is 16.3. The van der Waals surface area contributed by atoms with Crippen LogP contribution in [0.1, 0.15) is 27.7 Å². The topological polar surface area (TPSA) is 145 Å². The SMILES string of the molecule is C=O.CC(C)(CO)N(CCO)CCO.CC(C)(CO)N(CCO)CCO. The zero-order valence-electron chi connectivity index (χ0n) is 16.8. The van der Waals surface area contributed by atoms with Crippen molar-refractivity contribution in [3.63, 3.8) is 0 Å². The molecule has 0 radical (unpaired) electrons. The molecule has 0 fully saturated rings. The lowest BCUT2D eigenvalue weighted by atomic mass is 10.0. The van der Waals surface area contributed by atoms with Gasteiger partial charge in [0.1, 0.15) is 6.79 Å². The zero-order chi connectivity index (χ0) is 21.2. The molecule has 0 aliphatic rings. The van der Waals surface area contributed by atoms with Gasteiger partial charge in [-0.3, -0.25) is 9.80 Å². The highest BCUT2D eigenvalue weighted by molar-refractivity contribution is 5.11. The number of aliphatic hydroxyl groups is 6. The van der Waals surface area contributed by atoms with E-state index in [1.807, 2.05) is 44.3 Å². The fourth-order valence-electron chi connectivity index (χ4n) is 2.12. The fourth-order valence-corrected chi connectivity index (χ4v) is 2.12. The van der Waals surface area contributed by atoms with Crippen molar-refractivity contribution in [2.75, 3.05) is 65.8 Å². The van der Waals surface area contributed by atoms with Gasteiger partial charge in [-0.15, -0.1) is 0 Å². The minimum Gasteiger partial charge on any atom is -0.395 e. The van der Waals surface area contributed by atoms with Crippen molar-refractivity contribution in [2.45, 2.75) is 38.8 Å². The Kier molecular flexibility index (Phi) is 20.5. The van der Waals surface area contributed by atoms with Crippen molar-refractivity contribution in [1.29, 1.82) is 0 Å². The Hall–Kier alpha value is -0.650. The van der Waals surface area contributed by atoms with Crippen LogP contribution in [0.2, 0.25) is 0 Å². The Bertz CT molecular complexity index is 265. The summed E-state index contributed by atoms with van der Waals surface area (Å²) >= 11 is 0. The van der Waals surface area contributed by atoms with Gasteiger partial charge in [-0.1, -0.05) is 0 Å². The van der Waals surface area contributed by atoms with Crippen LogP contribution in [0.3, 0.4) is 0 Å². The largest absolute Gasteiger partial charge is 0.395 e. The van der Waals surface area contributed by atoms with Gasteiger partial charge in [0.2, 0.25) is 0 Å². The fraction of sp³-hybridized carbons (Fsp3) is 0.941. The van der Waals surface area contributed by atoms with E-state index in [2.05, 4.69) is 0 Å². The van der Waals surface area contributed by atoms with Crippen molar-refractivity contribution in [1.82, 2.24) is 9.80 Å². The predicted octanol–water partition coefficient (Wildman–Crippen LogP) is -2.10. The quantitative estimate of drug-likeness (QED) is 0.223. The molecular formula is C17H40N2O7. The molecule has 0 bridgehead atoms. The molecule has 0 aromatic carbocycles. The number of rotatable bonds is 12. The van der Waals surface area contributed by atoms with Gasteiger partial charge in [-0.2, -0.15) is 0 Å². The average molecular weight is 385 g/mol. The standard InChI is InChI=1S/2C8H19NO3.CH2O/c2*1-8(2,7-12)9(3-5-10)4-6-11;1-2/h2*10-12H,3-7H2,1-2H3;1H2. The lowest BCUT2D eigenvalue weighted by molar-refractivity contribution is -0.0980. The van der Waals surface area contributed by atoms with Crippen LogP contribution in [0.4, 0.5) is 0 Å². The van der Waals surface area contributed by atoms with Crippen LogP contribution in [0.15, 0.2) is 0 Å². The van der Waals surface area contributed by atoms with Crippen LogP contribution in [-0.4, -0.2) is 124 Å². The molecule has 0 heterocycles. The summed E-state index contributed by atoms with van der Waals surface area (Å²) in [5.74, 6) is 0.